The number of anilines is 1. The largest absolute Gasteiger partial charge is 0.334 e. The standard InChI is InChI=1S/C23H23FN2O3S/c1-2-16-26(17-18-6-4-3-5-7-18)23(27)19-8-12-21(13-9-19)25-30(28,29)22-14-10-20(24)11-15-22/h3-15,25H,2,16-17H2,1H3. The van der Waals surface area contributed by atoms with Crippen molar-refractivity contribution in [3.8, 4) is 0 Å². The molecule has 3 aromatic rings. The van der Waals surface area contributed by atoms with Crippen molar-refractivity contribution in [1.82, 2.24) is 4.90 Å². The molecule has 30 heavy (non-hydrogen) atoms. The number of sulfonamides is 1. The summed E-state index contributed by atoms with van der Waals surface area (Å²) in [6.07, 6.45) is 0.828. The van der Waals surface area contributed by atoms with Crippen LogP contribution in [0.15, 0.2) is 83.8 Å². The van der Waals surface area contributed by atoms with Gasteiger partial charge in [0.05, 0.1) is 4.90 Å². The van der Waals surface area contributed by atoms with Gasteiger partial charge in [-0.1, -0.05) is 37.3 Å². The Labute approximate surface area is 176 Å². The predicted molar refractivity (Wildman–Crippen MR) is 115 cm³/mol. The molecule has 0 saturated heterocycles. The number of nitrogens with one attached hydrogen (secondary N) is 1. The van der Waals surface area contributed by atoms with Crippen molar-refractivity contribution in [3.63, 3.8) is 0 Å². The van der Waals surface area contributed by atoms with Crippen LogP contribution in [-0.2, 0) is 16.6 Å². The molecule has 3 aromatic carbocycles. The first-order chi connectivity index (χ1) is 14.4. The van der Waals surface area contributed by atoms with Gasteiger partial charge in [0.2, 0.25) is 0 Å². The summed E-state index contributed by atoms with van der Waals surface area (Å²) in [7, 11) is -3.84. The lowest BCUT2D eigenvalue weighted by atomic mass is 10.1. The first-order valence-corrected chi connectivity index (χ1v) is 11.1. The predicted octanol–water partition coefficient (Wildman–Crippen LogP) is 4.68. The second-order valence-corrected chi connectivity index (χ2v) is 8.53. The summed E-state index contributed by atoms with van der Waals surface area (Å²) in [4.78, 5) is 14.7. The molecule has 0 bridgehead atoms. The molecule has 1 N–H and O–H groups in total. The lowest BCUT2D eigenvalue weighted by Crippen LogP contribution is -2.31. The highest BCUT2D eigenvalue weighted by Crippen LogP contribution is 2.18. The van der Waals surface area contributed by atoms with Crippen molar-refractivity contribution in [1.29, 1.82) is 0 Å². The molecule has 3 rings (SSSR count). The molecule has 7 heteroatoms. The van der Waals surface area contributed by atoms with Gasteiger partial charge in [0.1, 0.15) is 5.82 Å². The highest BCUT2D eigenvalue weighted by Gasteiger charge is 2.17. The summed E-state index contributed by atoms with van der Waals surface area (Å²) in [5.41, 5.74) is 1.84. The maximum Gasteiger partial charge on any atom is 0.261 e. The van der Waals surface area contributed by atoms with Gasteiger partial charge < -0.3 is 4.90 Å². The lowest BCUT2D eigenvalue weighted by molar-refractivity contribution is 0.0743. The van der Waals surface area contributed by atoms with Crippen LogP contribution in [0.2, 0.25) is 0 Å². The Kier molecular flexibility index (Phi) is 6.84. The number of rotatable bonds is 8. The maximum absolute atomic E-state index is 13.0. The topological polar surface area (TPSA) is 66.5 Å². The maximum atomic E-state index is 13.0. The minimum absolute atomic E-state index is 0.0407. The van der Waals surface area contributed by atoms with E-state index in [9.17, 15) is 17.6 Å². The molecule has 0 aliphatic heterocycles. The number of carbonyl (C=O) groups excluding carboxylic acids is 1. The Balaban J connectivity index is 1.73. The number of amides is 1. The van der Waals surface area contributed by atoms with Gasteiger partial charge in [-0.3, -0.25) is 9.52 Å². The average Bonchev–Trinajstić information content (AvgIpc) is 2.74. The molecule has 0 aliphatic carbocycles. The van der Waals surface area contributed by atoms with E-state index in [2.05, 4.69) is 4.72 Å². The van der Waals surface area contributed by atoms with Crippen LogP contribution in [0.1, 0.15) is 29.3 Å². The van der Waals surface area contributed by atoms with Crippen LogP contribution in [0.4, 0.5) is 10.1 Å². The molecular formula is C23H23FN2O3S. The van der Waals surface area contributed by atoms with Crippen molar-refractivity contribution in [2.24, 2.45) is 0 Å². The van der Waals surface area contributed by atoms with E-state index in [-0.39, 0.29) is 10.8 Å². The third-order valence-corrected chi connectivity index (χ3v) is 5.90. The van der Waals surface area contributed by atoms with E-state index < -0.39 is 15.8 Å². The number of hydrogen-bond acceptors (Lipinski definition) is 3. The van der Waals surface area contributed by atoms with Gasteiger partial charge in [-0.05, 0) is 60.5 Å². The average molecular weight is 427 g/mol. The van der Waals surface area contributed by atoms with E-state index in [4.69, 9.17) is 0 Å². The normalized spacial score (nSPS) is 11.1. The van der Waals surface area contributed by atoms with E-state index in [0.717, 1.165) is 24.1 Å². The molecule has 0 aliphatic rings. The molecular weight excluding hydrogens is 403 g/mol. The van der Waals surface area contributed by atoms with Crippen LogP contribution in [0.25, 0.3) is 0 Å². The van der Waals surface area contributed by atoms with Gasteiger partial charge >= 0.3 is 0 Å². The van der Waals surface area contributed by atoms with E-state index in [1.54, 1.807) is 29.2 Å². The third-order valence-electron chi connectivity index (χ3n) is 4.51. The van der Waals surface area contributed by atoms with Gasteiger partial charge in [-0.2, -0.15) is 0 Å². The monoisotopic (exact) mass is 426 g/mol. The van der Waals surface area contributed by atoms with Gasteiger partial charge in [0.15, 0.2) is 0 Å². The van der Waals surface area contributed by atoms with E-state index in [1.807, 2.05) is 37.3 Å². The van der Waals surface area contributed by atoms with Crippen molar-refractivity contribution in [2.45, 2.75) is 24.8 Å². The Hall–Kier alpha value is -3.19. The SMILES string of the molecule is CCCN(Cc1ccccc1)C(=O)c1ccc(NS(=O)(=O)c2ccc(F)cc2)cc1. The molecule has 0 aromatic heterocycles. The van der Waals surface area contributed by atoms with Crippen molar-refractivity contribution < 1.29 is 17.6 Å². The fraction of sp³-hybridized carbons (Fsp3) is 0.174. The summed E-state index contributed by atoms with van der Waals surface area (Å²) in [6.45, 7) is 3.14. The molecule has 0 spiro atoms. The molecule has 0 fully saturated rings. The van der Waals surface area contributed by atoms with Crippen molar-refractivity contribution in [3.05, 3.63) is 95.8 Å². The fourth-order valence-corrected chi connectivity index (χ4v) is 4.08. The summed E-state index contributed by atoms with van der Waals surface area (Å²) < 4.78 is 40.3. The number of nitrogens with zero attached hydrogens (tertiary/aromatic N) is 1. The highest BCUT2D eigenvalue weighted by atomic mass is 32.2. The summed E-state index contributed by atoms with van der Waals surface area (Å²) in [6, 6.07) is 20.6. The Morgan fingerprint density at radius 1 is 0.933 bits per heavy atom. The lowest BCUT2D eigenvalue weighted by Gasteiger charge is -2.22. The van der Waals surface area contributed by atoms with Gasteiger partial charge in [0, 0.05) is 24.3 Å². The summed E-state index contributed by atoms with van der Waals surface area (Å²) >= 11 is 0. The Morgan fingerprint density at radius 2 is 1.57 bits per heavy atom. The van der Waals surface area contributed by atoms with E-state index in [1.165, 1.54) is 12.1 Å². The zero-order valence-electron chi connectivity index (χ0n) is 16.6. The molecule has 5 nitrogen and oxygen atoms in total. The third kappa shape index (κ3) is 5.45. The van der Waals surface area contributed by atoms with Crippen molar-refractivity contribution >= 4 is 21.6 Å². The van der Waals surface area contributed by atoms with Crippen LogP contribution in [0.3, 0.4) is 0 Å². The number of hydrogen-bond donors (Lipinski definition) is 1. The molecule has 0 heterocycles. The summed E-state index contributed by atoms with van der Waals surface area (Å²) in [5, 5.41) is 0. The minimum Gasteiger partial charge on any atom is -0.334 e. The fourth-order valence-electron chi connectivity index (χ4n) is 3.02. The number of benzene rings is 3. The zero-order chi connectivity index (χ0) is 21.6. The summed E-state index contributed by atoms with van der Waals surface area (Å²) in [5.74, 6) is -0.627. The molecule has 0 saturated carbocycles. The Bertz CT molecular complexity index is 1080. The second kappa shape index (κ2) is 9.54. The first-order valence-electron chi connectivity index (χ1n) is 9.60. The molecule has 0 radical (unpaired) electrons. The molecule has 0 atom stereocenters. The first kappa shape index (κ1) is 21.5. The van der Waals surface area contributed by atoms with Crippen LogP contribution in [0.5, 0.6) is 0 Å². The van der Waals surface area contributed by atoms with E-state index in [0.29, 0.717) is 24.3 Å². The zero-order valence-corrected chi connectivity index (χ0v) is 17.4. The van der Waals surface area contributed by atoms with Gasteiger partial charge in [-0.25, -0.2) is 12.8 Å². The van der Waals surface area contributed by atoms with E-state index >= 15 is 0 Å². The minimum atomic E-state index is -3.84. The van der Waals surface area contributed by atoms with Gasteiger partial charge in [-0.15, -0.1) is 0 Å². The smallest absolute Gasteiger partial charge is 0.261 e. The molecule has 0 unspecified atom stereocenters. The van der Waals surface area contributed by atoms with Crippen molar-refractivity contribution in [2.75, 3.05) is 11.3 Å². The second-order valence-electron chi connectivity index (χ2n) is 6.85. The van der Waals surface area contributed by atoms with Crippen LogP contribution >= 0.6 is 0 Å². The number of carbonyl (C=O) groups is 1. The van der Waals surface area contributed by atoms with Crippen LogP contribution < -0.4 is 4.72 Å². The van der Waals surface area contributed by atoms with Gasteiger partial charge in [0.25, 0.3) is 15.9 Å². The Morgan fingerprint density at radius 3 is 2.17 bits per heavy atom. The molecule has 1 amide bonds. The number of halogens is 1. The quantitative estimate of drug-likeness (QED) is 0.569. The van der Waals surface area contributed by atoms with Crippen LogP contribution in [0, 0.1) is 5.82 Å². The van der Waals surface area contributed by atoms with Crippen LogP contribution in [-0.4, -0.2) is 25.8 Å². The molecule has 156 valence electrons. The highest BCUT2D eigenvalue weighted by molar-refractivity contribution is 7.92.